The third-order valence-electron chi connectivity index (χ3n) is 3.28. The fraction of sp³-hybridized carbons (Fsp3) is 0.0588. The van der Waals surface area contributed by atoms with Gasteiger partial charge in [-0.2, -0.15) is 0 Å². The van der Waals surface area contributed by atoms with Crippen LogP contribution in [-0.2, 0) is 6.54 Å². The molecule has 1 aromatic carbocycles. The summed E-state index contributed by atoms with van der Waals surface area (Å²) in [5.41, 5.74) is 3.07. The minimum atomic E-state index is -0.163. The standard InChI is InChI=1S/C17H13BrN4O/c18-15-4-2-1-3-12(15)9-22-17(23)13-5-6-16(21-10-13)14-7-19-11-20-8-14/h1-8,10-11H,9H2,(H,22,23). The molecule has 3 rings (SSSR count). The Morgan fingerprint density at radius 2 is 1.83 bits per heavy atom. The summed E-state index contributed by atoms with van der Waals surface area (Å²) < 4.78 is 0.970. The predicted octanol–water partition coefficient (Wildman–Crippen LogP) is 3.23. The Hall–Kier alpha value is -2.60. The van der Waals surface area contributed by atoms with Gasteiger partial charge >= 0.3 is 0 Å². The molecule has 0 fully saturated rings. The van der Waals surface area contributed by atoms with Crippen LogP contribution in [0.4, 0.5) is 0 Å². The van der Waals surface area contributed by atoms with Gasteiger partial charge in [0.2, 0.25) is 0 Å². The minimum absolute atomic E-state index is 0.163. The Morgan fingerprint density at radius 1 is 1.04 bits per heavy atom. The van der Waals surface area contributed by atoms with E-state index in [1.165, 1.54) is 6.33 Å². The van der Waals surface area contributed by atoms with E-state index in [4.69, 9.17) is 0 Å². The number of hydrogen-bond acceptors (Lipinski definition) is 4. The second kappa shape index (κ2) is 7.11. The van der Waals surface area contributed by atoms with Crippen LogP contribution in [0.1, 0.15) is 15.9 Å². The lowest BCUT2D eigenvalue weighted by Crippen LogP contribution is -2.23. The molecule has 6 heteroatoms. The molecule has 0 saturated heterocycles. The highest BCUT2D eigenvalue weighted by molar-refractivity contribution is 9.10. The molecule has 0 aliphatic heterocycles. The van der Waals surface area contributed by atoms with E-state index in [-0.39, 0.29) is 5.91 Å². The molecule has 0 saturated carbocycles. The van der Waals surface area contributed by atoms with Gasteiger partial charge in [-0.25, -0.2) is 9.97 Å². The van der Waals surface area contributed by atoms with Crippen LogP contribution in [0.2, 0.25) is 0 Å². The minimum Gasteiger partial charge on any atom is -0.348 e. The van der Waals surface area contributed by atoms with Gasteiger partial charge in [-0.05, 0) is 23.8 Å². The third kappa shape index (κ3) is 3.78. The average Bonchev–Trinajstić information content (AvgIpc) is 2.62. The third-order valence-corrected chi connectivity index (χ3v) is 4.05. The van der Waals surface area contributed by atoms with E-state index in [2.05, 4.69) is 36.2 Å². The molecule has 0 spiro atoms. The number of nitrogens with one attached hydrogen (secondary N) is 1. The number of carbonyl (C=O) groups excluding carboxylic acids is 1. The van der Waals surface area contributed by atoms with Crippen molar-refractivity contribution in [3.8, 4) is 11.3 Å². The summed E-state index contributed by atoms with van der Waals surface area (Å²) in [4.78, 5) is 24.4. The zero-order valence-corrected chi connectivity index (χ0v) is 13.7. The Morgan fingerprint density at radius 3 is 2.52 bits per heavy atom. The first-order chi connectivity index (χ1) is 11.2. The van der Waals surface area contributed by atoms with Crippen molar-refractivity contribution in [2.24, 2.45) is 0 Å². The van der Waals surface area contributed by atoms with E-state index in [9.17, 15) is 4.79 Å². The molecule has 0 bridgehead atoms. The maximum Gasteiger partial charge on any atom is 0.253 e. The lowest BCUT2D eigenvalue weighted by atomic mass is 10.2. The van der Waals surface area contributed by atoms with Gasteiger partial charge in [0.25, 0.3) is 5.91 Å². The Bertz CT molecular complexity index is 806. The second-order valence-electron chi connectivity index (χ2n) is 4.83. The second-order valence-corrected chi connectivity index (χ2v) is 5.69. The first kappa shape index (κ1) is 15.3. The van der Waals surface area contributed by atoms with Gasteiger partial charge in [-0.1, -0.05) is 34.1 Å². The molecule has 2 heterocycles. The van der Waals surface area contributed by atoms with Gasteiger partial charge in [0.1, 0.15) is 6.33 Å². The molecule has 23 heavy (non-hydrogen) atoms. The van der Waals surface area contributed by atoms with Crippen molar-refractivity contribution in [3.05, 3.63) is 76.9 Å². The molecule has 5 nitrogen and oxygen atoms in total. The number of nitrogens with zero attached hydrogens (tertiary/aromatic N) is 3. The van der Waals surface area contributed by atoms with E-state index in [0.717, 1.165) is 21.3 Å². The van der Waals surface area contributed by atoms with E-state index in [0.29, 0.717) is 12.1 Å². The highest BCUT2D eigenvalue weighted by Crippen LogP contribution is 2.16. The van der Waals surface area contributed by atoms with Gasteiger partial charge in [0.15, 0.2) is 0 Å². The first-order valence-electron chi connectivity index (χ1n) is 6.97. The van der Waals surface area contributed by atoms with Crippen molar-refractivity contribution in [2.45, 2.75) is 6.54 Å². The number of carbonyl (C=O) groups is 1. The number of benzene rings is 1. The first-order valence-corrected chi connectivity index (χ1v) is 7.76. The maximum atomic E-state index is 12.2. The molecule has 1 amide bonds. The van der Waals surface area contributed by atoms with E-state index < -0.39 is 0 Å². The van der Waals surface area contributed by atoms with Crippen LogP contribution in [0.15, 0.2) is 65.8 Å². The molecule has 0 aliphatic carbocycles. The Balaban J connectivity index is 1.67. The van der Waals surface area contributed by atoms with Crippen LogP contribution in [0.5, 0.6) is 0 Å². The number of aromatic nitrogens is 3. The van der Waals surface area contributed by atoms with Crippen molar-refractivity contribution >= 4 is 21.8 Å². The van der Waals surface area contributed by atoms with Crippen molar-refractivity contribution in [2.75, 3.05) is 0 Å². The van der Waals surface area contributed by atoms with Gasteiger partial charge < -0.3 is 5.32 Å². The predicted molar refractivity (Wildman–Crippen MR) is 90.6 cm³/mol. The monoisotopic (exact) mass is 368 g/mol. The average molecular weight is 369 g/mol. The smallest absolute Gasteiger partial charge is 0.253 e. The summed E-state index contributed by atoms with van der Waals surface area (Å²) in [7, 11) is 0. The van der Waals surface area contributed by atoms with E-state index in [1.54, 1.807) is 30.7 Å². The zero-order valence-electron chi connectivity index (χ0n) is 12.1. The largest absolute Gasteiger partial charge is 0.348 e. The Kier molecular flexibility index (Phi) is 4.73. The fourth-order valence-corrected chi connectivity index (χ4v) is 2.47. The quantitative estimate of drug-likeness (QED) is 0.767. The van der Waals surface area contributed by atoms with E-state index in [1.807, 2.05) is 24.3 Å². The normalized spacial score (nSPS) is 10.3. The van der Waals surface area contributed by atoms with Gasteiger partial charge in [0.05, 0.1) is 11.3 Å². The Labute approximate surface area is 142 Å². The molecule has 0 atom stereocenters. The summed E-state index contributed by atoms with van der Waals surface area (Å²) in [5, 5.41) is 2.88. The number of amides is 1. The summed E-state index contributed by atoms with van der Waals surface area (Å²) in [6.07, 6.45) is 6.38. The highest BCUT2D eigenvalue weighted by atomic mass is 79.9. The summed E-state index contributed by atoms with van der Waals surface area (Å²) in [5.74, 6) is -0.163. The molecule has 1 N–H and O–H groups in total. The lowest BCUT2D eigenvalue weighted by Gasteiger charge is -2.07. The number of hydrogen-bond donors (Lipinski definition) is 1. The maximum absolute atomic E-state index is 12.2. The van der Waals surface area contributed by atoms with Crippen molar-refractivity contribution in [1.29, 1.82) is 0 Å². The van der Waals surface area contributed by atoms with Crippen LogP contribution in [0.25, 0.3) is 11.3 Å². The molecule has 0 aliphatic rings. The molecule has 0 unspecified atom stereocenters. The van der Waals surface area contributed by atoms with Crippen molar-refractivity contribution in [1.82, 2.24) is 20.3 Å². The van der Waals surface area contributed by atoms with Gasteiger partial charge in [-0.15, -0.1) is 0 Å². The molecule has 0 radical (unpaired) electrons. The van der Waals surface area contributed by atoms with Gasteiger partial charge in [-0.3, -0.25) is 9.78 Å². The van der Waals surface area contributed by atoms with Crippen LogP contribution < -0.4 is 5.32 Å². The van der Waals surface area contributed by atoms with E-state index >= 15 is 0 Å². The zero-order chi connectivity index (χ0) is 16.1. The SMILES string of the molecule is O=C(NCc1ccccc1Br)c1ccc(-c2cncnc2)nc1. The van der Waals surface area contributed by atoms with Crippen molar-refractivity contribution in [3.63, 3.8) is 0 Å². The van der Waals surface area contributed by atoms with Crippen molar-refractivity contribution < 1.29 is 4.79 Å². The molecule has 3 aromatic rings. The topological polar surface area (TPSA) is 67.8 Å². The number of pyridine rings is 1. The van der Waals surface area contributed by atoms with Crippen LogP contribution in [-0.4, -0.2) is 20.9 Å². The van der Waals surface area contributed by atoms with Crippen LogP contribution in [0.3, 0.4) is 0 Å². The summed E-state index contributed by atoms with van der Waals surface area (Å²) >= 11 is 3.46. The highest BCUT2D eigenvalue weighted by Gasteiger charge is 2.08. The summed E-state index contributed by atoms with van der Waals surface area (Å²) in [6, 6.07) is 11.3. The molecule has 114 valence electrons. The summed E-state index contributed by atoms with van der Waals surface area (Å²) in [6.45, 7) is 0.453. The van der Waals surface area contributed by atoms with Crippen LogP contribution in [0, 0.1) is 0 Å². The molecular weight excluding hydrogens is 356 g/mol. The number of rotatable bonds is 4. The molecular formula is C17H13BrN4O. The van der Waals surface area contributed by atoms with Gasteiger partial charge in [0, 0.05) is 35.2 Å². The number of halogens is 1. The fourth-order valence-electron chi connectivity index (χ4n) is 2.05. The van der Waals surface area contributed by atoms with Crippen LogP contribution >= 0.6 is 15.9 Å². The lowest BCUT2D eigenvalue weighted by molar-refractivity contribution is 0.0950. The molecule has 2 aromatic heterocycles.